The van der Waals surface area contributed by atoms with Crippen molar-refractivity contribution in [3.05, 3.63) is 35.9 Å². The lowest BCUT2D eigenvalue weighted by atomic mass is 9.87. The Bertz CT molecular complexity index is 323. The van der Waals surface area contributed by atoms with Gasteiger partial charge in [-0.15, -0.1) is 0 Å². The second-order valence-corrected chi connectivity index (χ2v) is 5.15. The van der Waals surface area contributed by atoms with Crippen molar-refractivity contribution in [1.82, 2.24) is 4.90 Å². The molecule has 1 aliphatic rings. The standard InChI is InChI=1S/C15H24N2/c1-2-17-10-6-9-14(12-17)15(16)11-13-7-4-3-5-8-13/h3-5,7-8,14-15H,2,6,9-12,16H2,1H3. The van der Waals surface area contributed by atoms with Gasteiger partial charge in [-0.3, -0.25) is 0 Å². The largest absolute Gasteiger partial charge is 0.327 e. The molecule has 0 spiro atoms. The normalized spacial score (nSPS) is 23.5. The molecule has 0 aliphatic carbocycles. The van der Waals surface area contributed by atoms with Gasteiger partial charge in [0.05, 0.1) is 0 Å². The lowest BCUT2D eigenvalue weighted by Crippen LogP contribution is -2.44. The van der Waals surface area contributed by atoms with Gasteiger partial charge in [0.1, 0.15) is 0 Å². The van der Waals surface area contributed by atoms with E-state index < -0.39 is 0 Å². The van der Waals surface area contributed by atoms with Crippen LogP contribution in [-0.2, 0) is 6.42 Å². The van der Waals surface area contributed by atoms with Crippen LogP contribution in [0.25, 0.3) is 0 Å². The van der Waals surface area contributed by atoms with E-state index in [-0.39, 0.29) is 0 Å². The summed E-state index contributed by atoms with van der Waals surface area (Å²) in [5.41, 5.74) is 7.74. The Morgan fingerprint density at radius 2 is 2.12 bits per heavy atom. The van der Waals surface area contributed by atoms with Crippen LogP contribution in [0.15, 0.2) is 30.3 Å². The van der Waals surface area contributed by atoms with Crippen molar-refractivity contribution in [3.63, 3.8) is 0 Å². The predicted molar refractivity (Wildman–Crippen MR) is 73.0 cm³/mol. The summed E-state index contributed by atoms with van der Waals surface area (Å²) in [5, 5.41) is 0. The van der Waals surface area contributed by atoms with E-state index in [9.17, 15) is 0 Å². The van der Waals surface area contributed by atoms with Gasteiger partial charge in [-0.2, -0.15) is 0 Å². The summed E-state index contributed by atoms with van der Waals surface area (Å²) < 4.78 is 0. The van der Waals surface area contributed by atoms with Crippen molar-refractivity contribution >= 4 is 0 Å². The van der Waals surface area contributed by atoms with Gasteiger partial charge in [-0.1, -0.05) is 37.3 Å². The first-order valence-corrected chi connectivity index (χ1v) is 6.81. The molecule has 2 atom stereocenters. The first kappa shape index (κ1) is 12.6. The van der Waals surface area contributed by atoms with Crippen LogP contribution < -0.4 is 5.73 Å². The van der Waals surface area contributed by atoms with Gasteiger partial charge < -0.3 is 10.6 Å². The number of benzene rings is 1. The van der Waals surface area contributed by atoms with Crippen molar-refractivity contribution in [1.29, 1.82) is 0 Å². The summed E-state index contributed by atoms with van der Waals surface area (Å²) in [6, 6.07) is 10.9. The van der Waals surface area contributed by atoms with E-state index in [0.29, 0.717) is 12.0 Å². The van der Waals surface area contributed by atoms with E-state index in [4.69, 9.17) is 5.73 Å². The fraction of sp³-hybridized carbons (Fsp3) is 0.600. The van der Waals surface area contributed by atoms with E-state index in [1.165, 1.54) is 31.5 Å². The molecule has 0 bridgehead atoms. The zero-order valence-electron chi connectivity index (χ0n) is 10.8. The second-order valence-electron chi connectivity index (χ2n) is 5.15. The number of rotatable bonds is 4. The Morgan fingerprint density at radius 3 is 2.82 bits per heavy atom. The number of piperidine rings is 1. The molecule has 1 aliphatic heterocycles. The molecule has 2 rings (SSSR count). The number of likely N-dealkylation sites (tertiary alicyclic amines) is 1. The van der Waals surface area contributed by atoms with Crippen LogP contribution in [0.4, 0.5) is 0 Å². The van der Waals surface area contributed by atoms with Crippen molar-refractivity contribution in [3.8, 4) is 0 Å². The Labute approximate surface area is 105 Å². The molecule has 1 aromatic rings. The quantitative estimate of drug-likeness (QED) is 0.863. The Morgan fingerprint density at radius 1 is 1.35 bits per heavy atom. The molecule has 2 heteroatoms. The molecule has 1 fully saturated rings. The van der Waals surface area contributed by atoms with Crippen LogP contribution in [0.1, 0.15) is 25.3 Å². The van der Waals surface area contributed by atoms with Crippen LogP contribution in [0.5, 0.6) is 0 Å². The van der Waals surface area contributed by atoms with Crippen molar-refractivity contribution in [2.24, 2.45) is 11.7 Å². The van der Waals surface area contributed by atoms with Gasteiger partial charge in [0.15, 0.2) is 0 Å². The summed E-state index contributed by atoms with van der Waals surface area (Å²) in [6.07, 6.45) is 3.62. The summed E-state index contributed by atoms with van der Waals surface area (Å²) >= 11 is 0. The minimum Gasteiger partial charge on any atom is -0.327 e. The zero-order chi connectivity index (χ0) is 12.1. The SMILES string of the molecule is CCN1CCCC(C(N)Cc2ccccc2)C1. The summed E-state index contributed by atoms with van der Waals surface area (Å²) in [5.74, 6) is 0.670. The second kappa shape index (κ2) is 6.18. The molecule has 2 N–H and O–H groups in total. The van der Waals surface area contributed by atoms with Crippen molar-refractivity contribution in [2.75, 3.05) is 19.6 Å². The van der Waals surface area contributed by atoms with Gasteiger partial charge in [-0.25, -0.2) is 0 Å². The number of hydrogen-bond donors (Lipinski definition) is 1. The minimum atomic E-state index is 0.312. The predicted octanol–water partition coefficient (Wildman–Crippen LogP) is 2.29. The Kier molecular flexibility index (Phi) is 4.57. The van der Waals surface area contributed by atoms with E-state index in [2.05, 4.69) is 42.2 Å². The highest BCUT2D eigenvalue weighted by molar-refractivity contribution is 5.16. The zero-order valence-corrected chi connectivity index (χ0v) is 10.8. The summed E-state index contributed by atoms with van der Waals surface area (Å²) in [4.78, 5) is 2.53. The molecule has 1 heterocycles. The molecular formula is C15H24N2. The lowest BCUT2D eigenvalue weighted by molar-refractivity contribution is 0.164. The molecule has 0 saturated carbocycles. The molecule has 2 unspecified atom stereocenters. The molecule has 0 radical (unpaired) electrons. The number of nitrogens with zero attached hydrogens (tertiary/aromatic N) is 1. The maximum absolute atomic E-state index is 6.37. The minimum absolute atomic E-state index is 0.312. The van der Waals surface area contributed by atoms with Crippen LogP contribution >= 0.6 is 0 Å². The fourth-order valence-corrected chi connectivity index (χ4v) is 2.78. The third-order valence-electron chi connectivity index (χ3n) is 3.91. The van der Waals surface area contributed by atoms with Gasteiger partial charge in [0.25, 0.3) is 0 Å². The van der Waals surface area contributed by atoms with E-state index >= 15 is 0 Å². The van der Waals surface area contributed by atoms with Crippen molar-refractivity contribution < 1.29 is 0 Å². The highest BCUT2D eigenvalue weighted by Gasteiger charge is 2.24. The average Bonchev–Trinajstić information content (AvgIpc) is 2.40. The smallest absolute Gasteiger partial charge is 0.0120 e. The molecule has 2 nitrogen and oxygen atoms in total. The first-order valence-electron chi connectivity index (χ1n) is 6.81. The maximum atomic E-state index is 6.37. The van der Waals surface area contributed by atoms with Crippen molar-refractivity contribution in [2.45, 2.75) is 32.2 Å². The topological polar surface area (TPSA) is 29.3 Å². The van der Waals surface area contributed by atoms with Gasteiger partial charge in [-0.05, 0) is 43.8 Å². The average molecular weight is 232 g/mol. The summed E-state index contributed by atoms with van der Waals surface area (Å²) in [6.45, 7) is 5.84. The highest BCUT2D eigenvalue weighted by Crippen LogP contribution is 2.20. The maximum Gasteiger partial charge on any atom is 0.0120 e. The molecular weight excluding hydrogens is 208 g/mol. The fourth-order valence-electron chi connectivity index (χ4n) is 2.78. The molecule has 1 saturated heterocycles. The molecule has 0 aromatic heterocycles. The third-order valence-corrected chi connectivity index (χ3v) is 3.91. The van der Waals surface area contributed by atoms with Crippen LogP contribution in [0, 0.1) is 5.92 Å². The highest BCUT2D eigenvalue weighted by atomic mass is 15.1. The van der Waals surface area contributed by atoms with Crippen LogP contribution in [0.2, 0.25) is 0 Å². The lowest BCUT2D eigenvalue weighted by Gasteiger charge is -2.35. The number of hydrogen-bond acceptors (Lipinski definition) is 2. The molecule has 94 valence electrons. The van der Waals surface area contributed by atoms with E-state index in [1.54, 1.807) is 0 Å². The molecule has 17 heavy (non-hydrogen) atoms. The molecule has 0 amide bonds. The van der Waals surface area contributed by atoms with Gasteiger partial charge in [0, 0.05) is 12.6 Å². The van der Waals surface area contributed by atoms with Crippen LogP contribution in [0.3, 0.4) is 0 Å². The summed E-state index contributed by atoms with van der Waals surface area (Å²) in [7, 11) is 0. The van der Waals surface area contributed by atoms with Gasteiger partial charge in [0.2, 0.25) is 0 Å². The van der Waals surface area contributed by atoms with Gasteiger partial charge >= 0.3 is 0 Å². The van der Waals surface area contributed by atoms with Crippen LogP contribution in [-0.4, -0.2) is 30.6 Å². The van der Waals surface area contributed by atoms with E-state index in [0.717, 1.165) is 13.0 Å². The third kappa shape index (κ3) is 3.55. The first-order chi connectivity index (χ1) is 8.29. The molecule has 1 aromatic carbocycles. The monoisotopic (exact) mass is 232 g/mol. The Hall–Kier alpha value is -0.860. The Balaban J connectivity index is 1.89. The van der Waals surface area contributed by atoms with E-state index in [1.807, 2.05) is 0 Å². The number of nitrogens with two attached hydrogens (primary N) is 1.